The highest BCUT2D eigenvalue weighted by atomic mass is 35.5. The lowest BCUT2D eigenvalue weighted by Crippen LogP contribution is -2.43. The maximum absolute atomic E-state index is 12.7. The summed E-state index contributed by atoms with van der Waals surface area (Å²) in [6, 6.07) is 12.2. The van der Waals surface area contributed by atoms with Gasteiger partial charge in [-0.3, -0.25) is 9.10 Å². The molecule has 1 unspecified atom stereocenters. The van der Waals surface area contributed by atoms with E-state index in [1.165, 1.54) is 12.7 Å². The highest BCUT2D eigenvalue weighted by Crippen LogP contribution is 2.30. The summed E-state index contributed by atoms with van der Waals surface area (Å²) in [5.74, 6) is -0.482. The molecule has 166 valence electrons. The molecule has 2 aromatic rings. The van der Waals surface area contributed by atoms with E-state index in [0.29, 0.717) is 12.3 Å². The summed E-state index contributed by atoms with van der Waals surface area (Å²) in [4.78, 5) is 25.0. The number of amides is 1. The molecular weight excluding hydrogens is 455 g/mol. The lowest BCUT2D eigenvalue weighted by Gasteiger charge is -2.30. The number of hydrogen-bond donors (Lipinski definition) is 1. The average Bonchev–Trinajstić information content (AvgIpc) is 2.78. The number of esters is 1. The SMILES string of the molecule is COC(=O)C(Cc1ccc(C2CCN(SC)CC2)cc1)NC(=O)c1c(Cl)cccc1Cl. The Morgan fingerprint density at radius 2 is 1.74 bits per heavy atom. The number of halogens is 2. The Balaban J connectivity index is 1.68. The van der Waals surface area contributed by atoms with Crippen molar-refractivity contribution in [2.75, 3.05) is 26.5 Å². The smallest absolute Gasteiger partial charge is 0.328 e. The number of hydrogen-bond acceptors (Lipinski definition) is 5. The highest BCUT2D eigenvalue weighted by molar-refractivity contribution is 7.96. The van der Waals surface area contributed by atoms with Gasteiger partial charge in [-0.2, -0.15) is 0 Å². The van der Waals surface area contributed by atoms with Crippen LogP contribution in [-0.2, 0) is 16.0 Å². The van der Waals surface area contributed by atoms with Gasteiger partial charge in [0.2, 0.25) is 0 Å². The van der Waals surface area contributed by atoms with Gasteiger partial charge in [0.25, 0.3) is 5.91 Å². The average molecular weight is 481 g/mol. The van der Waals surface area contributed by atoms with E-state index in [1.54, 1.807) is 30.1 Å². The molecule has 0 saturated carbocycles. The van der Waals surface area contributed by atoms with Crippen LogP contribution in [0.25, 0.3) is 0 Å². The van der Waals surface area contributed by atoms with Crippen LogP contribution >= 0.6 is 35.1 Å². The number of piperidine rings is 1. The second kappa shape index (κ2) is 11.2. The van der Waals surface area contributed by atoms with Gasteiger partial charge in [-0.15, -0.1) is 0 Å². The van der Waals surface area contributed by atoms with Crippen molar-refractivity contribution in [2.45, 2.75) is 31.2 Å². The minimum atomic E-state index is -0.847. The van der Waals surface area contributed by atoms with E-state index in [1.807, 2.05) is 12.1 Å². The Morgan fingerprint density at radius 3 is 2.29 bits per heavy atom. The van der Waals surface area contributed by atoms with Gasteiger partial charge in [0, 0.05) is 19.5 Å². The van der Waals surface area contributed by atoms with Crippen molar-refractivity contribution in [1.29, 1.82) is 0 Å². The van der Waals surface area contributed by atoms with Crippen molar-refractivity contribution in [3.63, 3.8) is 0 Å². The summed E-state index contributed by atoms with van der Waals surface area (Å²) >= 11 is 14.1. The number of nitrogens with one attached hydrogen (secondary N) is 1. The normalized spacial score (nSPS) is 16.0. The number of carbonyl (C=O) groups is 2. The van der Waals surface area contributed by atoms with E-state index in [2.05, 4.69) is 28.0 Å². The van der Waals surface area contributed by atoms with Crippen LogP contribution in [-0.4, -0.2) is 48.7 Å². The lowest BCUT2D eigenvalue weighted by molar-refractivity contribution is -0.142. The van der Waals surface area contributed by atoms with Crippen LogP contribution in [0.15, 0.2) is 42.5 Å². The molecule has 1 fully saturated rings. The monoisotopic (exact) mass is 480 g/mol. The van der Waals surface area contributed by atoms with Crippen molar-refractivity contribution < 1.29 is 14.3 Å². The minimum absolute atomic E-state index is 0.145. The first-order valence-electron chi connectivity index (χ1n) is 10.1. The largest absolute Gasteiger partial charge is 0.467 e. The quantitative estimate of drug-likeness (QED) is 0.447. The second-order valence-electron chi connectivity index (χ2n) is 7.48. The summed E-state index contributed by atoms with van der Waals surface area (Å²) in [6.45, 7) is 2.18. The van der Waals surface area contributed by atoms with Crippen molar-refractivity contribution in [3.05, 3.63) is 69.2 Å². The fraction of sp³-hybridized carbons (Fsp3) is 0.391. The zero-order valence-corrected chi connectivity index (χ0v) is 19.9. The summed E-state index contributed by atoms with van der Waals surface area (Å²) in [7, 11) is 1.30. The molecule has 0 bridgehead atoms. The second-order valence-corrected chi connectivity index (χ2v) is 9.17. The molecule has 0 spiro atoms. The number of rotatable bonds is 7. The standard InChI is InChI=1S/C23H26Cl2N2O3S/c1-30-23(29)20(26-22(28)21-18(24)4-3-5-19(21)25)14-15-6-8-16(9-7-15)17-10-12-27(31-2)13-11-17/h3-9,17,20H,10-14H2,1-2H3,(H,26,28). The molecule has 1 heterocycles. The zero-order valence-electron chi connectivity index (χ0n) is 17.6. The maximum atomic E-state index is 12.7. The molecule has 0 aliphatic carbocycles. The van der Waals surface area contributed by atoms with Crippen LogP contribution in [0.2, 0.25) is 10.0 Å². The van der Waals surface area contributed by atoms with E-state index >= 15 is 0 Å². The van der Waals surface area contributed by atoms with Crippen molar-refractivity contribution in [3.8, 4) is 0 Å². The number of nitrogens with zero attached hydrogens (tertiary/aromatic N) is 1. The van der Waals surface area contributed by atoms with Gasteiger partial charge < -0.3 is 10.1 Å². The van der Waals surface area contributed by atoms with Crippen LogP contribution in [0.5, 0.6) is 0 Å². The molecule has 1 aliphatic heterocycles. The van der Waals surface area contributed by atoms with Crippen LogP contribution in [0.4, 0.5) is 0 Å². The molecule has 1 saturated heterocycles. The summed E-state index contributed by atoms with van der Waals surface area (Å²) in [5, 5.41) is 3.17. The van der Waals surface area contributed by atoms with E-state index in [-0.39, 0.29) is 15.6 Å². The highest BCUT2D eigenvalue weighted by Gasteiger charge is 2.25. The Hall–Kier alpha value is -1.73. The Bertz CT molecular complexity index is 895. The first kappa shape index (κ1) is 23.9. The molecule has 8 heteroatoms. The molecule has 0 radical (unpaired) electrons. The molecular formula is C23H26Cl2N2O3S. The van der Waals surface area contributed by atoms with Gasteiger partial charge in [0.05, 0.1) is 22.7 Å². The number of methoxy groups -OCH3 is 1. The van der Waals surface area contributed by atoms with Crippen LogP contribution in [0.3, 0.4) is 0 Å². The molecule has 1 N–H and O–H groups in total. The first-order chi connectivity index (χ1) is 14.9. The fourth-order valence-corrected chi connectivity index (χ4v) is 4.96. The van der Waals surface area contributed by atoms with Crippen molar-refractivity contribution in [2.24, 2.45) is 0 Å². The van der Waals surface area contributed by atoms with Crippen molar-refractivity contribution in [1.82, 2.24) is 9.62 Å². The molecule has 1 aliphatic rings. The predicted molar refractivity (Wildman–Crippen MR) is 127 cm³/mol. The third-order valence-electron chi connectivity index (χ3n) is 5.58. The molecule has 3 rings (SSSR count). The number of benzene rings is 2. The molecule has 1 atom stereocenters. The Morgan fingerprint density at radius 1 is 1.13 bits per heavy atom. The van der Waals surface area contributed by atoms with Crippen molar-refractivity contribution >= 4 is 47.0 Å². The van der Waals surface area contributed by atoms with Crippen LogP contribution in [0.1, 0.15) is 40.2 Å². The van der Waals surface area contributed by atoms with Gasteiger partial charge in [0.1, 0.15) is 6.04 Å². The molecule has 31 heavy (non-hydrogen) atoms. The van der Waals surface area contributed by atoms with Gasteiger partial charge in [-0.1, -0.05) is 65.5 Å². The first-order valence-corrected chi connectivity index (χ1v) is 12.1. The van der Waals surface area contributed by atoms with E-state index in [0.717, 1.165) is 31.5 Å². The van der Waals surface area contributed by atoms with Gasteiger partial charge >= 0.3 is 5.97 Å². The van der Waals surface area contributed by atoms with Crippen LogP contribution < -0.4 is 5.32 Å². The molecule has 2 aromatic carbocycles. The zero-order chi connectivity index (χ0) is 22.4. The molecule has 5 nitrogen and oxygen atoms in total. The predicted octanol–water partition coefficient (Wildman–Crippen LogP) is 4.96. The third kappa shape index (κ3) is 6.16. The van der Waals surface area contributed by atoms with Gasteiger partial charge in [-0.05, 0) is 48.3 Å². The fourth-order valence-electron chi connectivity index (χ4n) is 3.81. The number of ether oxygens (including phenoxy) is 1. The van der Waals surface area contributed by atoms with Crippen LogP contribution in [0, 0.1) is 0 Å². The Kier molecular flexibility index (Phi) is 8.67. The molecule has 0 aromatic heterocycles. The summed E-state index contributed by atoms with van der Waals surface area (Å²) < 4.78 is 7.28. The topological polar surface area (TPSA) is 58.6 Å². The summed E-state index contributed by atoms with van der Waals surface area (Å²) in [5.41, 5.74) is 2.39. The maximum Gasteiger partial charge on any atom is 0.328 e. The van der Waals surface area contributed by atoms with E-state index in [9.17, 15) is 9.59 Å². The number of carbonyl (C=O) groups excluding carboxylic acids is 2. The third-order valence-corrected chi connectivity index (χ3v) is 7.10. The van der Waals surface area contributed by atoms with Gasteiger partial charge in [0.15, 0.2) is 0 Å². The van der Waals surface area contributed by atoms with E-state index in [4.69, 9.17) is 27.9 Å². The minimum Gasteiger partial charge on any atom is -0.467 e. The lowest BCUT2D eigenvalue weighted by atomic mass is 9.89. The molecule has 1 amide bonds. The summed E-state index contributed by atoms with van der Waals surface area (Å²) in [6.07, 6.45) is 4.70. The van der Waals surface area contributed by atoms with Gasteiger partial charge in [-0.25, -0.2) is 4.79 Å². The van der Waals surface area contributed by atoms with E-state index < -0.39 is 17.9 Å². The Labute approximate surface area is 197 Å².